The summed E-state index contributed by atoms with van der Waals surface area (Å²) in [7, 11) is 0. The summed E-state index contributed by atoms with van der Waals surface area (Å²) in [6.45, 7) is 8.55. The van der Waals surface area contributed by atoms with E-state index in [1.807, 2.05) is 6.92 Å². The van der Waals surface area contributed by atoms with Crippen molar-refractivity contribution in [2.45, 2.75) is 52.7 Å². The molecule has 0 spiro atoms. The van der Waals surface area contributed by atoms with Crippen molar-refractivity contribution >= 4 is 11.6 Å². The number of anilines is 1. The number of nitrogens with zero attached hydrogens (tertiary/aromatic N) is 1. The van der Waals surface area contributed by atoms with Gasteiger partial charge in [0.1, 0.15) is 0 Å². The molecule has 1 aromatic rings. The summed E-state index contributed by atoms with van der Waals surface area (Å²) in [6, 6.07) is 3.58. The largest absolute Gasteiger partial charge is 0.490 e. The van der Waals surface area contributed by atoms with E-state index in [1.54, 1.807) is 30.9 Å². The zero-order chi connectivity index (χ0) is 16.3. The van der Waals surface area contributed by atoms with Crippen LogP contribution in [-0.2, 0) is 11.4 Å². The Balaban J connectivity index is 2.55. The molecule has 0 aromatic heterocycles. The van der Waals surface area contributed by atoms with Crippen LogP contribution < -0.4 is 14.4 Å². The maximum absolute atomic E-state index is 12.7. The van der Waals surface area contributed by atoms with Crippen molar-refractivity contribution in [1.29, 1.82) is 0 Å². The second kappa shape index (κ2) is 6.57. The molecule has 1 heterocycles. The number of fused-ring (bicyclic) bond motifs is 1. The Hall–Kier alpha value is -1.75. The van der Waals surface area contributed by atoms with Crippen LogP contribution in [0.3, 0.4) is 0 Å². The molecule has 0 radical (unpaired) electrons. The molecule has 1 aliphatic rings. The SMILES string of the molecule is CCCCN1C(=O)C(C)(C)Oc2c(OCC)cc(CO)cc21. The van der Waals surface area contributed by atoms with E-state index in [2.05, 4.69) is 6.92 Å². The molecule has 122 valence electrons. The van der Waals surface area contributed by atoms with E-state index in [-0.39, 0.29) is 12.5 Å². The summed E-state index contributed by atoms with van der Waals surface area (Å²) in [4.78, 5) is 14.4. The average molecular weight is 307 g/mol. The van der Waals surface area contributed by atoms with Gasteiger partial charge in [-0.25, -0.2) is 0 Å². The maximum Gasteiger partial charge on any atom is 0.270 e. The first-order valence-electron chi connectivity index (χ1n) is 7.86. The van der Waals surface area contributed by atoms with Crippen molar-refractivity contribution in [2.24, 2.45) is 0 Å². The summed E-state index contributed by atoms with van der Waals surface area (Å²) in [5.74, 6) is 1.09. The Labute approximate surface area is 131 Å². The average Bonchev–Trinajstić information content (AvgIpc) is 2.48. The predicted molar refractivity (Wildman–Crippen MR) is 85.5 cm³/mol. The molecule has 22 heavy (non-hydrogen) atoms. The van der Waals surface area contributed by atoms with Crippen LogP contribution in [0, 0.1) is 0 Å². The highest BCUT2D eigenvalue weighted by atomic mass is 16.5. The van der Waals surface area contributed by atoms with Gasteiger partial charge in [-0.05, 0) is 44.9 Å². The zero-order valence-corrected chi connectivity index (χ0v) is 13.8. The van der Waals surface area contributed by atoms with Crippen LogP contribution in [0.5, 0.6) is 11.5 Å². The Morgan fingerprint density at radius 1 is 1.32 bits per heavy atom. The van der Waals surface area contributed by atoms with Crippen LogP contribution in [0.15, 0.2) is 12.1 Å². The third-order valence-corrected chi connectivity index (χ3v) is 3.72. The lowest BCUT2D eigenvalue weighted by atomic mass is 10.0. The molecule has 5 heteroatoms. The smallest absolute Gasteiger partial charge is 0.270 e. The summed E-state index contributed by atoms with van der Waals surface area (Å²) >= 11 is 0. The van der Waals surface area contributed by atoms with Gasteiger partial charge in [0, 0.05) is 6.54 Å². The summed E-state index contributed by atoms with van der Waals surface area (Å²) < 4.78 is 11.6. The van der Waals surface area contributed by atoms with Gasteiger partial charge in [0.2, 0.25) is 0 Å². The number of benzene rings is 1. The number of hydrogen-bond donors (Lipinski definition) is 1. The van der Waals surface area contributed by atoms with Crippen LogP contribution in [0.2, 0.25) is 0 Å². The first-order valence-corrected chi connectivity index (χ1v) is 7.86. The lowest BCUT2D eigenvalue weighted by molar-refractivity contribution is -0.132. The highest BCUT2D eigenvalue weighted by Crippen LogP contribution is 2.45. The second-order valence-electron chi connectivity index (χ2n) is 5.96. The maximum atomic E-state index is 12.7. The minimum absolute atomic E-state index is 0.0639. The zero-order valence-electron chi connectivity index (χ0n) is 13.8. The van der Waals surface area contributed by atoms with E-state index < -0.39 is 5.60 Å². The number of rotatable bonds is 6. The number of hydrogen-bond acceptors (Lipinski definition) is 4. The number of carbonyl (C=O) groups excluding carboxylic acids is 1. The van der Waals surface area contributed by atoms with Crippen molar-refractivity contribution in [3.05, 3.63) is 17.7 Å². The molecule has 1 aliphatic heterocycles. The Bertz CT molecular complexity index is 554. The van der Waals surface area contributed by atoms with Gasteiger partial charge in [0.15, 0.2) is 17.1 Å². The quantitative estimate of drug-likeness (QED) is 0.878. The predicted octanol–water partition coefficient (Wildman–Crippen LogP) is 2.88. The lowest BCUT2D eigenvalue weighted by Crippen LogP contribution is -2.52. The van der Waals surface area contributed by atoms with Gasteiger partial charge in [-0.2, -0.15) is 0 Å². The fourth-order valence-corrected chi connectivity index (χ4v) is 2.57. The molecule has 0 unspecified atom stereocenters. The molecule has 1 aromatic carbocycles. The highest BCUT2D eigenvalue weighted by Gasteiger charge is 2.42. The van der Waals surface area contributed by atoms with Gasteiger partial charge in [-0.15, -0.1) is 0 Å². The first-order chi connectivity index (χ1) is 10.4. The van der Waals surface area contributed by atoms with Crippen molar-refractivity contribution < 1.29 is 19.4 Å². The molecule has 0 aliphatic carbocycles. The minimum Gasteiger partial charge on any atom is -0.490 e. The topological polar surface area (TPSA) is 59.0 Å². The number of aliphatic hydroxyl groups excluding tert-OH is 1. The Morgan fingerprint density at radius 2 is 2.05 bits per heavy atom. The van der Waals surface area contributed by atoms with E-state index in [0.717, 1.165) is 12.8 Å². The van der Waals surface area contributed by atoms with E-state index >= 15 is 0 Å². The molecular formula is C17H25NO4. The van der Waals surface area contributed by atoms with E-state index in [1.165, 1.54) is 0 Å². The lowest BCUT2D eigenvalue weighted by Gasteiger charge is -2.39. The standard InChI is InChI=1S/C17H25NO4/c1-5-7-8-18-13-9-12(11-19)10-14(21-6-2)15(13)22-17(3,4)16(18)20/h9-10,19H,5-8,11H2,1-4H3. The van der Waals surface area contributed by atoms with Crippen molar-refractivity contribution in [3.8, 4) is 11.5 Å². The molecule has 1 N–H and O–H groups in total. The molecule has 0 bridgehead atoms. The van der Waals surface area contributed by atoms with Crippen molar-refractivity contribution in [3.63, 3.8) is 0 Å². The molecular weight excluding hydrogens is 282 g/mol. The van der Waals surface area contributed by atoms with Crippen LogP contribution in [0.25, 0.3) is 0 Å². The van der Waals surface area contributed by atoms with Crippen LogP contribution in [0.1, 0.15) is 46.1 Å². The Kier molecular flexibility index (Phi) is 4.96. The molecule has 1 amide bonds. The normalized spacial score (nSPS) is 16.2. The van der Waals surface area contributed by atoms with Gasteiger partial charge in [-0.3, -0.25) is 4.79 Å². The summed E-state index contributed by atoms with van der Waals surface area (Å²) in [6.07, 6.45) is 1.91. The second-order valence-corrected chi connectivity index (χ2v) is 5.96. The monoisotopic (exact) mass is 307 g/mol. The van der Waals surface area contributed by atoms with Gasteiger partial charge in [0.25, 0.3) is 5.91 Å². The minimum atomic E-state index is -0.923. The number of carbonyl (C=O) groups is 1. The fourth-order valence-electron chi connectivity index (χ4n) is 2.57. The molecule has 0 saturated carbocycles. The molecule has 0 fully saturated rings. The van der Waals surface area contributed by atoms with Crippen molar-refractivity contribution in [1.82, 2.24) is 0 Å². The third kappa shape index (κ3) is 3.04. The number of amides is 1. The fraction of sp³-hybridized carbons (Fsp3) is 0.588. The Morgan fingerprint density at radius 3 is 2.64 bits per heavy atom. The third-order valence-electron chi connectivity index (χ3n) is 3.72. The van der Waals surface area contributed by atoms with Gasteiger partial charge in [0.05, 0.1) is 18.9 Å². The van der Waals surface area contributed by atoms with Crippen LogP contribution in [0.4, 0.5) is 5.69 Å². The van der Waals surface area contributed by atoms with Gasteiger partial charge in [-0.1, -0.05) is 13.3 Å². The van der Waals surface area contributed by atoms with E-state index in [0.29, 0.717) is 35.9 Å². The molecule has 0 atom stereocenters. The van der Waals surface area contributed by atoms with Crippen LogP contribution in [-0.4, -0.2) is 29.8 Å². The van der Waals surface area contributed by atoms with Gasteiger partial charge >= 0.3 is 0 Å². The van der Waals surface area contributed by atoms with Crippen molar-refractivity contribution in [2.75, 3.05) is 18.1 Å². The number of unbranched alkanes of at least 4 members (excludes halogenated alkanes) is 1. The summed E-state index contributed by atoms with van der Waals surface area (Å²) in [5.41, 5.74) is 0.473. The number of ether oxygens (including phenoxy) is 2. The molecule has 0 saturated heterocycles. The van der Waals surface area contributed by atoms with E-state index in [4.69, 9.17) is 9.47 Å². The summed E-state index contributed by atoms with van der Waals surface area (Å²) in [5, 5.41) is 9.46. The molecule has 2 rings (SSSR count). The van der Waals surface area contributed by atoms with E-state index in [9.17, 15) is 9.90 Å². The van der Waals surface area contributed by atoms with Gasteiger partial charge < -0.3 is 19.5 Å². The first kappa shape index (κ1) is 16.6. The molecule has 5 nitrogen and oxygen atoms in total. The van der Waals surface area contributed by atoms with Crippen LogP contribution >= 0.6 is 0 Å². The number of aliphatic hydroxyl groups is 1. The highest BCUT2D eigenvalue weighted by molar-refractivity contribution is 6.03.